The van der Waals surface area contributed by atoms with E-state index in [4.69, 9.17) is 9.84 Å². The van der Waals surface area contributed by atoms with Crippen molar-refractivity contribution in [2.45, 2.75) is 13.8 Å². The van der Waals surface area contributed by atoms with Gasteiger partial charge in [-0.2, -0.15) is 0 Å². The van der Waals surface area contributed by atoms with Crippen molar-refractivity contribution in [3.63, 3.8) is 0 Å². The van der Waals surface area contributed by atoms with Crippen LogP contribution in [0.15, 0.2) is 27.1 Å². The topological polar surface area (TPSA) is 29.5 Å². The lowest BCUT2D eigenvalue weighted by molar-refractivity contribution is 0.0975. The summed E-state index contributed by atoms with van der Waals surface area (Å²) in [5.74, 6) is 0.790. The van der Waals surface area contributed by atoms with E-state index in [9.17, 15) is 0 Å². The predicted molar refractivity (Wildman–Crippen MR) is 68.2 cm³/mol. The first-order valence-electron chi connectivity index (χ1n) is 4.63. The molecular formula is C11H14Br2O2. The number of aliphatic hydroxyl groups excluding tert-OH is 1. The lowest BCUT2D eigenvalue weighted by atomic mass is 9.97. The van der Waals surface area contributed by atoms with Crippen molar-refractivity contribution in [3.05, 3.63) is 27.1 Å². The van der Waals surface area contributed by atoms with Crippen LogP contribution in [0.1, 0.15) is 13.8 Å². The first-order chi connectivity index (χ1) is 6.93. The second-order valence-corrected chi connectivity index (χ2v) is 6.05. The van der Waals surface area contributed by atoms with E-state index in [0.29, 0.717) is 6.61 Å². The zero-order chi connectivity index (χ0) is 11.5. The van der Waals surface area contributed by atoms with Crippen LogP contribution in [0.25, 0.3) is 0 Å². The maximum Gasteiger partial charge on any atom is 0.121 e. The lowest BCUT2D eigenvalue weighted by Crippen LogP contribution is -2.25. The second-order valence-electron chi connectivity index (χ2n) is 4.22. The Morgan fingerprint density at radius 3 is 2.20 bits per heavy atom. The van der Waals surface area contributed by atoms with Crippen molar-refractivity contribution in [1.82, 2.24) is 0 Å². The maximum atomic E-state index is 9.08. The molecule has 0 saturated heterocycles. The molecule has 1 N–H and O–H groups in total. The van der Waals surface area contributed by atoms with Gasteiger partial charge in [-0.3, -0.25) is 0 Å². The van der Waals surface area contributed by atoms with Crippen LogP contribution in [0, 0.1) is 5.41 Å². The van der Waals surface area contributed by atoms with Crippen molar-refractivity contribution >= 4 is 31.9 Å². The third kappa shape index (κ3) is 4.53. The summed E-state index contributed by atoms with van der Waals surface area (Å²) in [5.41, 5.74) is -0.213. The maximum absolute atomic E-state index is 9.08. The highest BCUT2D eigenvalue weighted by Gasteiger charge is 2.17. The molecule has 0 aromatic heterocycles. The summed E-state index contributed by atoms with van der Waals surface area (Å²) in [6.07, 6.45) is 0. The molecule has 0 aliphatic rings. The fourth-order valence-corrected chi connectivity index (χ4v) is 2.19. The summed E-state index contributed by atoms with van der Waals surface area (Å²) in [4.78, 5) is 0. The van der Waals surface area contributed by atoms with Gasteiger partial charge in [-0.15, -0.1) is 0 Å². The van der Waals surface area contributed by atoms with Gasteiger partial charge >= 0.3 is 0 Å². The standard InChI is InChI=1S/C11H14Br2O2/c1-11(2,6-14)7-15-10-4-8(12)3-9(13)5-10/h3-5,14H,6-7H2,1-2H3. The Labute approximate surface area is 107 Å². The third-order valence-corrected chi connectivity index (χ3v) is 2.81. The minimum atomic E-state index is -0.213. The fraction of sp³-hybridized carbons (Fsp3) is 0.455. The molecule has 0 unspecified atom stereocenters. The van der Waals surface area contributed by atoms with Crippen molar-refractivity contribution < 1.29 is 9.84 Å². The molecule has 0 heterocycles. The molecule has 0 saturated carbocycles. The summed E-state index contributed by atoms with van der Waals surface area (Å²) in [6, 6.07) is 5.75. The highest BCUT2D eigenvalue weighted by molar-refractivity contribution is 9.11. The molecule has 15 heavy (non-hydrogen) atoms. The van der Waals surface area contributed by atoms with Gasteiger partial charge in [0.05, 0.1) is 13.2 Å². The van der Waals surface area contributed by atoms with Crippen molar-refractivity contribution in [1.29, 1.82) is 0 Å². The van der Waals surface area contributed by atoms with Crippen LogP contribution >= 0.6 is 31.9 Å². The van der Waals surface area contributed by atoms with Crippen molar-refractivity contribution in [2.24, 2.45) is 5.41 Å². The molecule has 84 valence electrons. The highest BCUT2D eigenvalue weighted by Crippen LogP contribution is 2.26. The van der Waals surface area contributed by atoms with E-state index < -0.39 is 0 Å². The van der Waals surface area contributed by atoms with Crippen LogP contribution in [-0.4, -0.2) is 18.3 Å². The fourth-order valence-electron chi connectivity index (χ4n) is 0.936. The molecule has 1 rings (SSSR count). The summed E-state index contributed by atoms with van der Waals surface area (Å²) in [5, 5.41) is 9.08. The van der Waals surface area contributed by atoms with E-state index in [0.717, 1.165) is 14.7 Å². The Kier molecular flexibility index (Phi) is 4.62. The number of benzene rings is 1. The van der Waals surface area contributed by atoms with Crippen LogP contribution in [-0.2, 0) is 0 Å². The van der Waals surface area contributed by atoms with Crippen LogP contribution in [0.5, 0.6) is 5.75 Å². The Morgan fingerprint density at radius 1 is 1.20 bits per heavy atom. The van der Waals surface area contributed by atoms with E-state index in [1.165, 1.54) is 0 Å². The van der Waals surface area contributed by atoms with E-state index in [1.807, 2.05) is 32.0 Å². The lowest BCUT2D eigenvalue weighted by Gasteiger charge is -2.21. The normalized spacial score (nSPS) is 11.5. The van der Waals surface area contributed by atoms with Gasteiger partial charge in [0, 0.05) is 14.4 Å². The Hall–Kier alpha value is -0.0600. The Balaban J connectivity index is 2.65. The summed E-state index contributed by atoms with van der Waals surface area (Å²) in [7, 11) is 0. The first kappa shape index (κ1) is 13.0. The number of aliphatic hydroxyl groups is 1. The second kappa shape index (κ2) is 5.32. The van der Waals surface area contributed by atoms with Gasteiger partial charge in [-0.05, 0) is 18.2 Å². The predicted octanol–water partition coefficient (Wildman–Crippen LogP) is 3.61. The van der Waals surface area contributed by atoms with Gasteiger partial charge in [0.15, 0.2) is 0 Å². The van der Waals surface area contributed by atoms with Crippen LogP contribution < -0.4 is 4.74 Å². The number of hydrogen-bond acceptors (Lipinski definition) is 2. The van der Waals surface area contributed by atoms with Gasteiger partial charge in [-0.25, -0.2) is 0 Å². The average molecular weight is 338 g/mol. The molecule has 0 radical (unpaired) electrons. The van der Waals surface area contributed by atoms with Gasteiger partial charge < -0.3 is 9.84 Å². The molecule has 1 aromatic rings. The molecule has 0 bridgehead atoms. The monoisotopic (exact) mass is 336 g/mol. The zero-order valence-corrected chi connectivity index (χ0v) is 11.9. The van der Waals surface area contributed by atoms with E-state index >= 15 is 0 Å². The smallest absolute Gasteiger partial charge is 0.121 e. The average Bonchev–Trinajstić information content (AvgIpc) is 2.14. The zero-order valence-electron chi connectivity index (χ0n) is 8.76. The van der Waals surface area contributed by atoms with Crippen LogP contribution in [0.4, 0.5) is 0 Å². The molecule has 0 aliphatic carbocycles. The van der Waals surface area contributed by atoms with Gasteiger partial charge in [-0.1, -0.05) is 45.7 Å². The first-order valence-corrected chi connectivity index (χ1v) is 6.21. The van der Waals surface area contributed by atoms with Gasteiger partial charge in [0.1, 0.15) is 5.75 Å². The van der Waals surface area contributed by atoms with Crippen LogP contribution in [0.2, 0.25) is 0 Å². The summed E-state index contributed by atoms with van der Waals surface area (Å²) < 4.78 is 7.54. The quantitative estimate of drug-likeness (QED) is 0.909. The number of hydrogen-bond donors (Lipinski definition) is 1. The number of halogens is 2. The molecule has 2 nitrogen and oxygen atoms in total. The molecule has 0 spiro atoms. The number of ether oxygens (including phenoxy) is 1. The van der Waals surface area contributed by atoms with E-state index in [1.54, 1.807) is 0 Å². The van der Waals surface area contributed by atoms with Crippen molar-refractivity contribution in [2.75, 3.05) is 13.2 Å². The van der Waals surface area contributed by atoms with Gasteiger partial charge in [0.25, 0.3) is 0 Å². The third-order valence-electron chi connectivity index (χ3n) is 1.89. The van der Waals surface area contributed by atoms with E-state index in [-0.39, 0.29) is 12.0 Å². The van der Waals surface area contributed by atoms with Crippen molar-refractivity contribution in [3.8, 4) is 5.75 Å². The summed E-state index contributed by atoms with van der Waals surface area (Å²) in [6.45, 7) is 4.52. The van der Waals surface area contributed by atoms with Crippen LogP contribution in [0.3, 0.4) is 0 Å². The molecular weight excluding hydrogens is 324 g/mol. The molecule has 0 atom stereocenters. The molecule has 0 fully saturated rings. The SMILES string of the molecule is CC(C)(CO)COc1cc(Br)cc(Br)c1. The minimum Gasteiger partial charge on any atom is -0.493 e. The molecule has 4 heteroatoms. The molecule has 0 amide bonds. The summed E-state index contributed by atoms with van der Waals surface area (Å²) >= 11 is 6.78. The Morgan fingerprint density at radius 2 is 1.73 bits per heavy atom. The molecule has 0 aliphatic heterocycles. The number of rotatable bonds is 4. The van der Waals surface area contributed by atoms with Gasteiger partial charge in [0.2, 0.25) is 0 Å². The van der Waals surface area contributed by atoms with E-state index in [2.05, 4.69) is 31.9 Å². The largest absolute Gasteiger partial charge is 0.493 e. The molecule has 1 aromatic carbocycles. The highest BCUT2D eigenvalue weighted by atomic mass is 79.9. The Bertz CT molecular complexity index is 317. The minimum absolute atomic E-state index is 0.113.